The van der Waals surface area contributed by atoms with Crippen molar-refractivity contribution in [1.29, 1.82) is 0 Å². The van der Waals surface area contributed by atoms with Crippen molar-refractivity contribution in [2.24, 2.45) is 11.0 Å². The number of nitrogens with one attached hydrogen (secondary N) is 1. The van der Waals surface area contributed by atoms with E-state index in [1.807, 2.05) is 0 Å². The Labute approximate surface area is 57.5 Å². The number of rotatable bonds is 1. The molecule has 1 aliphatic heterocycles. The van der Waals surface area contributed by atoms with E-state index in [1.165, 1.54) is 5.71 Å². The summed E-state index contributed by atoms with van der Waals surface area (Å²) in [5.41, 5.74) is 4.16. The highest BCUT2D eigenvalue weighted by Crippen LogP contribution is 2.05. The summed E-state index contributed by atoms with van der Waals surface area (Å²) in [4.78, 5) is 0. The predicted octanol–water partition coefficient (Wildman–Crippen LogP) is 0.977. The van der Waals surface area contributed by atoms with Crippen molar-refractivity contribution in [2.75, 3.05) is 11.9 Å². The van der Waals surface area contributed by atoms with E-state index in [2.05, 4.69) is 33.4 Å². The van der Waals surface area contributed by atoms with Crippen molar-refractivity contribution in [3.63, 3.8) is 0 Å². The molecule has 46 valence electrons. The summed E-state index contributed by atoms with van der Waals surface area (Å²) in [5, 5.41) is 4.96. The summed E-state index contributed by atoms with van der Waals surface area (Å²) >= 11 is 3.35. The van der Waals surface area contributed by atoms with E-state index in [-0.39, 0.29) is 0 Å². The maximum absolute atomic E-state index is 4.05. The van der Waals surface area contributed by atoms with Crippen molar-refractivity contribution in [3.05, 3.63) is 0 Å². The van der Waals surface area contributed by atoms with Crippen LogP contribution in [-0.4, -0.2) is 17.6 Å². The van der Waals surface area contributed by atoms with Crippen molar-refractivity contribution >= 4 is 21.6 Å². The van der Waals surface area contributed by atoms with Gasteiger partial charge in [-0.25, -0.2) is 0 Å². The number of alkyl halides is 1. The molecule has 0 fully saturated rings. The van der Waals surface area contributed by atoms with Gasteiger partial charge in [0.25, 0.3) is 0 Å². The summed E-state index contributed by atoms with van der Waals surface area (Å²) in [5.74, 6) is 0.620. The van der Waals surface area contributed by atoms with Gasteiger partial charge in [-0.05, 0) is 0 Å². The zero-order valence-electron chi connectivity index (χ0n) is 4.82. The van der Waals surface area contributed by atoms with Crippen molar-refractivity contribution in [1.82, 2.24) is 5.43 Å². The first-order chi connectivity index (χ1) is 3.84. The Hall–Kier alpha value is -0.0500. The Kier molecular flexibility index (Phi) is 1.89. The molecule has 1 unspecified atom stereocenters. The summed E-state index contributed by atoms with van der Waals surface area (Å²) in [6.45, 7) is 3.17. The van der Waals surface area contributed by atoms with Crippen LogP contribution in [0.15, 0.2) is 5.10 Å². The number of hydrogen-bond donors (Lipinski definition) is 1. The van der Waals surface area contributed by atoms with Crippen molar-refractivity contribution < 1.29 is 0 Å². The van der Waals surface area contributed by atoms with Gasteiger partial charge in [0.15, 0.2) is 0 Å². The van der Waals surface area contributed by atoms with Gasteiger partial charge in [-0.3, -0.25) is 0 Å². The highest BCUT2D eigenvalue weighted by Gasteiger charge is 2.13. The Morgan fingerprint density at radius 2 is 2.75 bits per heavy atom. The van der Waals surface area contributed by atoms with Crippen LogP contribution < -0.4 is 5.43 Å². The maximum atomic E-state index is 4.05. The van der Waals surface area contributed by atoms with Crippen LogP contribution in [-0.2, 0) is 0 Å². The van der Waals surface area contributed by atoms with Gasteiger partial charge in [0.1, 0.15) is 0 Å². The SMILES string of the molecule is CC1CNN=C1CBr. The minimum atomic E-state index is 0.620. The number of halogens is 1. The van der Waals surface area contributed by atoms with Crippen LogP contribution in [0.3, 0.4) is 0 Å². The van der Waals surface area contributed by atoms with Crippen LogP contribution in [0.4, 0.5) is 0 Å². The molecule has 0 radical (unpaired) electrons. The summed E-state index contributed by atoms with van der Waals surface area (Å²) in [6.07, 6.45) is 0. The number of hydrazone groups is 1. The largest absolute Gasteiger partial charge is 0.309 e. The standard InChI is InChI=1S/C5H9BrN2/c1-4-3-7-8-5(4)2-6/h4,7H,2-3H2,1H3. The molecule has 0 aromatic rings. The van der Waals surface area contributed by atoms with E-state index in [0.29, 0.717) is 5.92 Å². The van der Waals surface area contributed by atoms with Gasteiger partial charge in [-0.1, -0.05) is 22.9 Å². The van der Waals surface area contributed by atoms with Crippen LogP contribution >= 0.6 is 15.9 Å². The van der Waals surface area contributed by atoms with E-state index < -0.39 is 0 Å². The average molecular weight is 177 g/mol. The minimum Gasteiger partial charge on any atom is -0.309 e. The van der Waals surface area contributed by atoms with Crippen molar-refractivity contribution in [2.45, 2.75) is 6.92 Å². The molecule has 1 heterocycles. The first-order valence-corrected chi connectivity index (χ1v) is 3.82. The zero-order valence-corrected chi connectivity index (χ0v) is 6.40. The number of hydrogen-bond acceptors (Lipinski definition) is 2. The third kappa shape index (κ3) is 1.02. The molecule has 1 atom stereocenters. The third-order valence-corrected chi connectivity index (χ3v) is 1.90. The normalized spacial score (nSPS) is 27.2. The highest BCUT2D eigenvalue weighted by molar-refractivity contribution is 9.09. The molecule has 1 N–H and O–H groups in total. The molecule has 8 heavy (non-hydrogen) atoms. The first-order valence-electron chi connectivity index (χ1n) is 2.70. The van der Waals surface area contributed by atoms with E-state index in [4.69, 9.17) is 0 Å². The smallest absolute Gasteiger partial charge is 0.0529 e. The fourth-order valence-electron chi connectivity index (χ4n) is 0.674. The fourth-order valence-corrected chi connectivity index (χ4v) is 1.35. The Morgan fingerprint density at radius 3 is 3.00 bits per heavy atom. The monoisotopic (exact) mass is 176 g/mol. The Bertz CT molecular complexity index is 111. The summed E-state index contributed by atoms with van der Waals surface area (Å²) < 4.78 is 0. The van der Waals surface area contributed by atoms with Gasteiger partial charge >= 0.3 is 0 Å². The van der Waals surface area contributed by atoms with Gasteiger partial charge in [0.2, 0.25) is 0 Å². The molecule has 3 heteroatoms. The lowest BCUT2D eigenvalue weighted by atomic mass is 10.1. The minimum absolute atomic E-state index is 0.620. The second-order valence-electron chi connectivity index (χ2n) is 2.00. The van der Waals surface area contributed by atoms with E-state index in [9.17, 15) is 0 Å². The van der Waals surface area contributed by atoms with Gasteiger partial charge < -0.3 is 5.43 Å². The summed E-state index contributed by atoms with van der Waals surface area (Å²) in [6, 6.07) is 0. The Morgan fingerprint density at radius 1 is 2.00 bits per heavy atom. The molecule has 0 amide bonds. The van der Waals surface area contributed by atoms with Gasteiger partial charge in [0.05, 0.1) is 5.71 Å². The molecule has 0 spiro atoms. The molecule has 0 aromatic carbocycles. The van der Waals surface area contributed by atoms with Crippen LogP contribution in [0.25, 0.3) is 0 Å². The first kappa shape index (κ1) is 6.08. The second-order valence-corrected chi connectivity index (χ2v) is 2.56. The average Bonchev–Trinajstić information content (AvgIpc) is 2.14. The van der Waals surface area contributed by atoms with Gasteiger partial charge in [-0.2, -0.15) is 5.10 Å². The molecular formula is C5H9BrN2. The van der Waals surface area contributed by atoms with Crippen LogP contribution in [0.2, 0.25) is 0 Å². The topological polar surface area (TPSA) is 24.4 Å². The van der Waals surface area contributed by atoms with Crippen LogP contribution in [0, 0.1) is 5.92 Å². The van der Waals surface area contributed by atoms with Gasteiger partial charge in [0, 0.05) is 17.8 Å². The van der Waals surface area contributed by atoms with Crippen molar-refractivity contribution in [3.8, 4) is 0 Å². The van der Waals surface area contributed by atoms with Crippen LogP contribution in [0.5, 0.6) is 0 Å². The molecule has 0 saturated carbocycles. The Balaban J connectivity index is 2.49. The molecule has 1 rings (SSSR count). The highest BCUT2D eigenvalue weighted by atomic mass is 79.9. The predicted molar refractivity (Wildman–Crippen MR) is 38.4 cm³/mol. The third-order valence-electron chi connectivity index (χ3n) is 1.33. The quantitative estimate of drug-likeness (QED) is 0.593. The molecular weight excluding hydrogens is 168 g/mol. The number of nitrogens with zero attached hydrogens (tertiary/aromatic N) is 1. The maximum Gasteiger partial charge on any atom is 0.0529 e. The van der Waals surface area contributed by atoms with E-state index in [1.54, 1.807) is 0 Å². The van der Waals surface area contributed by atoms with Gasteiger partial charge in [-0.15, -0.1) is 0 Å². The van der Waals surface area contributed by atoms with E-state index >= 15 is 0 Å². The summed E-state index contributed by atoms with van der Waals surface area (Å²) in [7, 11) is 0. The van der Waals surface area contributed by atoms with E-state index in [0.717, 1.165) is 11.9 Å². The van der Waals surface area contributed by atoms with Crippen LogP contribution in [0.1, 0.15) is 6.92 Å². The fraction of sp³-hybridized carbons (Fsp3) is 0.800. The molecule has 0 saturated heterocycles. The zero-order chi connectivity index (χ0) is 5.98. The molecule has 0 aromatic heterocycles. The molecule has 2 nitrogen and oxygen atoms in total. The molecule has 1 aliphatic rings. The lowest BCUT2D eigenvalue weighted by Crippen LogP contribution is -2.11. The molecule has 0 bridgehead atoms. The lowest BCUT2D eigenvalue weighted by molar-refractivity contribution is 0.707. The second kappa shape index (κ2) is 2.49. The molecule has 0 aliphatic carbocycles. The lowest BCUT2D eigenvalue weighted by Gasteiger charge is -1.97.